The van der Waals surface area contributed by atoms with E-state index in [0.29, 0.717) is 0 Å². The minimum absolute atomic E-state index is 0.0408. The van der Waals surface area contributed by atoms with E-state index in [1.807, 2.05) is 0 Å². The lowest BCUT2D eigenvalue weighted by atomic mass is 9.91. The van der Waals surface area contributed by atoms with E-state index in [-0.39, 0.29) is 11.3 Å². The summed E-state index contributed by atoms with van der Waals surface area (Å²) in [5.74, 6) is 0.0901. The zero-order valence-corrected chi connectivity index (χ0v) is 10.1. The summed E-state index contributed by atoms with van der Waals surface area (Å²) < 4.78 is 0. The molecular weight excluding hydrogens is 206 g/mol. The largest absolute Gasteiger partial charge is 0.379 e. The number of hydrogen-bond acceptors (Lipinski definition) is 3. The van der Waals surface area contributed by atoms with Gasteiger partial charge in [0.25, 0.3) is 0 Å². The molecule has 0 aliphatic carbocycles. The first-order valence-corrected chi connectivity index (χ1v) is 5.93. The molecule has 2 nitrogen and oxygen atoms in total. The fourth-order valence-electron chi connectivity index (χ4n) is 1.91. The Balaban J connectivity index is 2.47. The monoisotopic (exact) mass is 221 g/mol. The fourth-order valence-corrected chi connectivity index (χ4v) is 3.03. The highest BCUT2D eigenvalue weighted by atomic mass is 32.1. The Hall–Kier alpha value is -1.09. The summed E-state index contributed by atoms with van der Waals surface area (Å²) in [6.45, 7) is 5.90. The van der Waals surface area contributed by atoms with Gasteiger partial charge in [0.05, 0.1) is 0 Å². The van der Waals surface area contributed by atoms with Crippen molar-refractivity contribution in [3.63, 3.8) is 0 Å². The summed E-state index contributed by atoms with van der Waals surface area (Å²) in [7, 11) is 0. The molecule has 1 aromatic heterocycles. The van der Waals surface area contributed by atoms with Gasteiger partial charge in [-0.3, -0.25) is 4.79 Å². The lowest BCUT2D eigenvalue weighted by Crippen LogP contribution is -2.43. The van der Waals surface area contributed by atoms with Crippen LogP contribution >= 0.6 is 11.3 Å². The van der Waals surface area contributed by atoms with Crippen LogP contribution in [0.5, 0.6) is 0 Å². The SMILES string of the molecule is CC(=O)/C=C1\NC(C)(C)Cc2sccc21. The van der Waals surface area contributed by atoms with E-state index in [1.165, 1.54) is 10.4 Å². The molecule has 0 spiro atoms. The molecule has 1 aromatic rings. The first kappa shape index (κ1) is 10.4. The number of thiophene rings is 1. The Morgan fingerprint density at radius 3 is 3.00 bits per heavy atom. The van der Waals surface area contributed by atoms with Crippen LogP contribution in [-0.4, -0.2) is 11.3 Å². The lowest BCUT2D eigenvalue weighted by Gasteiger charge is -2.33. The molecule has 1 aliphatic heterocycles. The Kier molecular flexibility index (Phi) is 2.43. The van der Waals surface area contributed by atoms with E-state index in [4.69, 9.17) is 0 Å². The van der Waals surface area contributed by atoms with Crippen LogP contribution in [0.15, 0.2) is 17.5 Å². The van der Waals surface area contributed by atoms with Crippen molar-refractivity contribution in [2.45, 2.75) is 32.7 Å². The molecule has 3 heteroatoms. The van der Waals surface area contributed by atoms with Gasteiger partial charge in [0.1, 0.15) is 0 Å². The van der Waals surface area contributed by atoms with Gasteiger partial charge in [-0.1, -0.05) is 0 Å². The minimum atomic E-state index is 0.0408. The van der Waals surface area contributed by atoms with Crippen LogP contribution in [0.4, 0.5) is 0 Å². The molecule has 0 bridgehead atoms. The smallest absolute Gasteiger partial charge is 0.154 e. The van der Waals surface area contributed by atoms with Crippen molar-refractivity contribution in [2.75, 3.05) is 0 Å². The van der Waals surface area contributed by atoms with Crippen LogP contribution in [0.1, 0.15) is 31.2 Å². The van der Waals surface area contributed by atoms with Gasteiger partial charge in [0.2, 0.25) is 0 Å². The molecule has 0 saturated carbocycles. The van der Waals surface area contributed by atoms with Crippen LogP contribution in [0.2, 0.25) is 0 Å². The Morgan fingerprint density at radius 1 is 1.60 bits per heavy atom. The first-order chi connectivity index (χ1) is 6.98. The third kappa shape index (κ3) is 2.12. The van der Waals surface area contributed by atoms with Crippen molar-refractivity contribution < 1.29 is 4.79 Å². The van der Waals surface area contributed by atoms with Crippen molar-refractivity contribution >= 4 is 22.8 Å². The molecule has 0 radical (unpaired) electrons. The second-order valence-electron chi connectivity index (χ2n) is 4.61. The van der Waals surface area contributed by atoms with Crippen LogP contribution in [-0.2, 0) is 11.2 Å². The van der Waals surface area contributed by atoms with E-state index in [2.05, 4.69) is 30.6 Å². The Bertz CT molecular complexity index is 429. The number of nitrogens with one attached hydrogen (secondary N) is 1. The molecule has 2 heterocycles. The summed E-state index contributed by atoms with van der Waals surface area (Å²) in [5, 5.41) is 5.50. The summed E-state index contributed by atoms with van der Waals surface area (Å²) >= 11 is 1.77. The molecule has 80 valence electrons. The average Bonchev–Trinajstić information content (AvgIpc) is 2.48. The molecule has 0 saturated heterocycles. The zero-order valence-electron chi connectivity index (χ0n) is 9.26. The number of fused-ring (bicyclic) bond motifs is 1. The van der Waals surface area contributed by atoms with Gasteiger partial charge < -0.3 is 5.32 Å². The summed E-state index contributed by atoms with van der Waals surface area (Å²) in [4.78, 5) is 12.5. The van der Waals surface area contributed by atoms with Gasteiger partial charge in [0, 0.05) is 34.2 Å². The third-order valence-electron chi connectivity index (χ3n) is 2.46. The van der Waals surface area contributed by atoms with E-state index in [0.717, 1.165) is 12.1 Å². The van der Waals surface area contributed by atoms with Crippen LogP contribution in [0, 0.1) is 0 Å². The predicted molar refractivity (Wildman–Crippen MR) is 63.9 cm³/mol. The fraction of sp³-hybridized carbons (Fsp3) is 0.417. The van der Waals surface area contributed by atoms with Gasteiger partial charge in [-0.25, -0.2) is 0 Å². The summed E-state index contributed by atoms with van der Waals surface area (Å²) in [6, 6.07) is 2.08. The standard InChI is InChI=1S/C12H15NOS/c1-8(14)6-10-9-4-5-15-11(9)7-12(2,3)13-10/h4-6,13H,7H2,1-3H3/b10-6-. The predicted octanol–water partition coefficient (Wildman–Crippen LogP) is 2.60. The number of carbonyl (C=O) groups excluding carboxylic acids is 1. The molecule has 0 fully saturated rings. The molecule has 15 heavy (non-hydrogen) atoms. The maximum absolute atomic E-state index is 11.1. The van der Waals surface area contributed by atoms with Gasteiger partial charge in [-0.15, -0.1) is 11.3 Å². The van der Waals surface area contributed by atoms with Crippen LogP contribution in [0.25, 0.3) is 5.70 Å². The van der Waals surface area contributed by atoms with E-state index >= 15 is 0 Å². The number of allylic oxidation sites excluding steroid dienone is 1. The molecule has 2 rings (SSSR count). The van der Waals surface area contributed by atoms with Crippen molar-refractivity contribution in [3.05, 3.63) is 28.0 Å². The zero-order chi connectivity index (χ0) is 11.1. The van der Waals surface area contributed by atoms with Crippen molar-refractivity contribution in [2.24, 2.45) is 0 Å². The van der Waals surface area contributed by atoms with Gasteiger partial charge in [-0.2, -0.15) is 0 Å². The maximum Gasteiger partial charge on any atom is 0.154 e. The van der Waals surface area contributed by atoms with Gasteiger partial charge in [-0.05, 0) is 32.2 Å². The number of ketones is 1. The third-order valence-corrected chi connectivity index (χ3v) is 3.38. The minimum Gasteiger partial charge on any atom is -0.379 e. The summed E-state index contributed by atoms with van der Waals surface area (Å²) in [6.07, 6.45) is 2.71. The quantitative estimate of drug-likeness (QED) is 0.739. The second-order valence-corrected chi connectivity index (χ2v) is 5.61. The van der Waals surface area contributed by atoms with Crippen molar-refractivity contribution in [1.82, 2.24) is 5.32 Å². The Labute approximate surface area is 94.0 Å². The molecule has 0 atom stereocenters. The van der Waals surface area contributed by atoms with E-state index in [9.17, 15) is 4.79 Å². The molecule has 1 aliphatic rings. The van der Waals surface area contributed by atoms with E-state index < -0.39 is 0 Å². The molecule has 0 aromatic carbocycles. The lowest BCUT2D eigenvalue weighted by molar-refractivity contribution is -0.112. The first-order valence-electron chi connectivity index (χ1n) is 5.05. The van der Waals surface area contributed by atoms with Crippen LogP contribution < -0.4 is 5.32 Å². The highest BCUT2D eigenvalue weighted by Gasteiger charge is 2.28. The number of carbonyl (C=O) groups is 1. The molecule has 0 amide bonds. The topological polar surface area (TPSA) is 29.1 Å². The van der Waals surface area contributed by atoms with Crippen molar-refractivity contribution in [1.29, 1.82) is 0 Å². The number of rotatable bonds is 1. The molecule has 1 N–H and O–H groups in total. The number of hydrogen-bond donors (Lipinski definition) is 1. The highest BCUT2D eigenvalue weighted by Crippen LogP contribution is 2.32. The molecular formula is C12H15NOS. The van der Waals surface area contributed by atoms with Crippen molar-refractivity contribution in [3.8, 4) is 0 Å². The Morgan fingerprint density at radius 2 is 2.33 bits per heavy atom. The van der Waals surface area contributed by atoms with Gasteiger partial charge >= 0.3 is 0 Å². The maximum atomic E-state index is 11.1. The van der Waals surface area contributed by atoms with Gasteiger partial charge in [0.15, 0.2) is 5.78 Å². The summed E-state index contributed by atoms with van der Waals surface area (Å²) in [5.41, 5.74) is 2.20. The highest BCUT2D eigenvalue weighted by molar-refractivity contribution is 7.10. The van der Waals surface area contributed by atoms with Crippen LogP contribution in [0.3, 0.4) is 0 Å². The average molecular weight is 221 g/mol. The normalized spacial score (nSPS) is 20.9. The second kappa shape index (κ2) is 3.49. The van der Waals surface area contributed by atoms with E-state index in [1.54, 1.807) is 24.3 Å². The molecule has 0 unspecified atom stereocenters.